The van der Waals surface area contributed by atoms with Gasteiger partial charge in [-0.25, -0.2) is 9.50 Å². The number of esters is 1. The number of nitrogens with zero attached hydrogens (tertiary/aromatic N) is 3. The smallest absolute Gasteiger partial charge is 0.310 e. The number of rotatable bonds is 2. The molecule has 0 atom stereocenters. The Hall–Kier alpha value is -1.56. The van der Waals surface area contributed by atoms with E-state index in [1.54, 1.807) is 0 Å². The lowest BCUT2D eigenvalue weighted by Gasteiger charge is -2.08. The van der Waals surface area contributed by atoms with Gasteiger partial charge in [0, 0.05) is 16.9 Å². The Bertz CT molecular complexity index is 597. The third-order valence-corrected chi connectivity index (χ3v) is 2.90. The number of hydrogen-bond acceptors (Lipinski definition) is 4. The Morgan fingerprint density at radius 3 is 3.00 bits per heavy atom. The van der Waals surface area contributed by atoms with Crippen LogP contribution in [0.5, 0.6) is 0 Å². The molecule has 0 radical (unpaired) electrons. The van der Waals surface area contributed by atoms with Gasteiger partial charge in [0.15, 0.2) is 13.5 Å². The van der Waals surface area contributed by atoms with Gasteiger partial charge in [-0.2, -0.15) is 5.10 Å². The van der Waals surface area contributed by atoms with E-state index in [-0.39, 0.29) is 12.4 Å². The van der Waals surface area contributed by atoms with Crippen molar-refractivity contribution < 1.29 is 9.53 Å². The number of hydrogen-bond donors (Lipinski definition) is 0. The molecule has 0 aliphatic carbocycles. The third kappa shape index (κ3) is 2.13. The van der Waals surface area contributed by atoms with E-state index in [2.05, 4.69) is 14.8 Å². The summed E-state index contributed by atoms with van der Waals surface area (Å²) in [6.07, 6.45) is 0.100. The first-order valence-electron chi connectivity index (χ1n) is 5.11. The van der Waals surface area contributed by atoms with Crippen molar-refractivity contribution in [3.8, 4) is 0 Å². The largest absolute Gasteiger partial charge is 0.469 e. The molecule has 0 amide bonds. The van der Waals surface area contributed by atoms with Crippen molar-refractivity contribution in [3.63, 3.8) is 0 Å². The molecule has 0 saturated heterocycles. The van der Waals surface area contributed by atoms with E-state index in [4.69, 9.17) is 11.6 Å². The van der Waals surface area contributed by atoms with Crippen LogP contribution < -0.4 is 5.59 Å². The van der Waals surface area contributed by atoms with E-state index < -0.39 is 0 Å². The second-order valence-electron chi connectivity index (χ2n) is 3.78. The molecule has 0 spiro atoms. The van der Waals surface area contributed by atoms with Crippen molar-refractivity contribution in [1.29, 1.82) is 0 Å². The summed E-state index contributed by atoms with van der Waals surface area (Å²) in [5.74, 6) is -0.347. The summed E-state index contributed by atoms with van der Waals surface area (Å²) in [7, 11) is 3.20. The molecule has 0 N–H and O–H groups in total. The van der Waals surface area contributed by atoms with Gasteiger partial charge in [0.2, 0.25) is 0 Å². The van der Waals surface area contributed by atoms with Crippen LogP contribution in [-0.4, -0.2) is 35.5 Å². The predicted octanol–water partition coefficient (Wildman–Crippen LogP) is -0.335. The zero-order valence-electron chi connectivity index (χ0n) is 9.82. The van der Waals surface area contributed by atoms with E-state index in [1.807, 2.05) is 20.8 Å². The van der Waals surface area contributed by atoms with Gasteiger partial charge in [0.25, 0.3) is 0 Å². The first-order chi connectivity index (χ1) is 8.02. The summed E-state index contributed by atoms with van der Waals surface area (Å²) in [6, 6.07) is 1.83. The Morgan fingerprint density at radius 1 is 1.65 bits per heavy atom. The van der Waals surface area contributed by atoms with Crippen LogP contribution in [-0.2, 0) is 16.0 Å². The average molecular weight is 251 g/mol. The lowest BCUT2D eigenvalue weighted by molar-refractivity contribution is -0.139. The highest BCUT2D eigenvalue weighted by molar-refractivity contribution is 6.32. The maximum atomic E-state index is 11.3. The fraction of sp³-hybridized carbons (Fsp3) is 0.300. The summed E-state index contributed by atoms with van der Waals surface area (Å²) in [6.45, 7) is 1.81. The highest BCUT2D eigenvalue weighted by Gasteiger charge is 2.15. The number of methoxy groups -OCH3 is 1. The van der Waals surface area contributed by atoms with E-state index in [9.17, 15) is 4.79 Å². The van der Waals surface area contributed by atoms with Gasteiger partial charge < -0.3 is 4.74 Å². The fourth-order valence-corrected chi connectivity index (χ4v) is 1.97. The normalized spacial score (nSPS) is 10.8. The summed E-state index contributed by atoms with van der Waals surface area (Å²) < 4.78 is 6.16. The fourth-order valence-electron chi connectivity index (χ4n) is 1.64. The van der Waals surface area contributed by atoms with Crippen molar-refractivity contribution in [2.24, 2.45) is 0 Å². The van der Waals surface area contributed by atoms with Crippen LogP contribution in [0, 0.1) is 6.92 Å². The molecule has 2 rings (SSSR count). The molecule has 0 fully saturated rings. The van der Waals surface area contributed by atoms with E-state index in [0.29, 0.717) is 22.1 Å². The topological polar surface area (TPSA) is 56.5 Å². The minimum absolute atomic E-state index is 0.100. The molecule has 7 heteroatoms. The molecule has 0 saturated carbocycles. The highest BCUT2D eigenvalue weighted by Crippen LogP contribution is 2.20. The molecule has 17 heavy (non-hydrogen) atoms. The average Bonchev–Trinajstić information content (AvgIpc) is 2.64. The van der Waals surface area contributed by atoms with Gasteiger partial charge in [-0.1, -0.05) is 11.6 Å². The summed E-state index contributed by atoms with van der Waals surface area (Å²) in [5, 5.41) is 4.63. The Labute approximate surface area is 104 Å². The van der Waals surface area contributed by atoms with Gasteiger partial charge >= 0.3 is 5.97 Å². The molecule has 0 aliphatic heterocycles. The number of ether oxygens (including phenoxy) is 1. The maximum absolute atomic E-state index is 11.3. The SMILES string of the molecule is Bc1cc2nc(C)c(CC(=O)OC)c(Cl)n2n1. The zero-order valence-corrected chi connectivity index (χ0v) is 10.6. The molecule has 0 unspecified atom stereocenters. The van der Waals surface area contributed by atoms with Gasteiger partial charge in [0.05, 0.1) is 13.5 Å². The lowest BCUT2D eigenvalue weighted by Crippen LogP contribution is -2.11. The first-order valence-corrected chi connectivity index (χ1v) is 5.49. The molecule has 0 aromatic carbocycles. The van der Waals surface area contributed by atoms with Crippen LogP contribution >= 0.6 is 11.6 Å². The standard InChI is InChI=1S/C10H11BClN3O2/c1-5-6(3-9(16)17-2)10(12)15-8(13-5)4-7(11)14-15/h4H,3,11H2,1-2H3. The molecular formula is C10H11BClN3O2. The zero-order chi connectivity index (χ0) is 12.6. The number of aromatic nitrogens is 3. The second kappa shape index (κ2) is 4.37. The minimum atomic E-state index is -0.347. The van der Waals surface area contributed by atoms with E-state index >= 15 is 0 Å². The number of aryl methyl sites for hydroxylation is 1. The van der Waals surface area contributed by atoms with E-state index in [0.717, 1.165) is 5.59 Å². The predicted molar refractivity (Wildman–Crippen MR) is 66.6 cm³/mol. The lowest BCUT2D eigenvalue weighted by atomic mass is 10.1. The number of carbonyl (C=O) groups excluding carboxylic acids is 1. The van der Waals surface area contributed by atoms with Crippen LogP contribution in [0.1, 0.15) is 11.3 Å². The molecule has 88 valence electrons. The molecule has 2 heterocycles. The third-order valence-electron chi connectivity index (χ3n) is 2.52. The highest BCUT2D eigenvalue weighted by atomic mass is 35.5. The molecule has 0 bridgehead atoms. The van der Waals surface area contributed by atoms with Gasteiger partial charge in [-0.05, 0) is 13.0 Å². The maximum Gasteiger partial charge on any atom is 0.310 e. The number of fused-ring (bicyclic) bond motifs is 1. The van der Waals surface area contributed by atoms with Crippen LogP contribution in [0.25, 0.3) is 5.65 Å². The van der Waals surface area contributed by atoms with Crippen molar-refractivity contribution in [1.82, 2.24) is 14.6 Å². The van der Waals surface area contributed by atoms with Crippen LogP contribution in [0.3, 0.4) is 0 Å². The van der Waals surface area contributed by atoms with Crippen molar-refractivity contribution >= 4 is 36.7 Å². The molecular weight excluding hydrogens is 240 g/mol. The van der Waals surface area contributed by atoms with Crippen LogP contribution in [0.15, 0.2) is 6.07 Å². The summed E-state index contributed by atoms with van der Waals surface area (Å²) in [5.41, 5.74) is 2.87. The van der Waals surface area contributed by atoms with Gasteiger partial charge in [-0.15, -0.1) is 0 Å². The van der Waals surface area contributed by atoms with Gasteiger partial charge in [-0.3, -0.25) is 4.79 Å². The Kier molecular flexibility index (Phi) is 3.06. The quantitative estimate of drug-likeness (QED) is 0.416. The summed E-state index contributed by atoms with van der Waals surface area (Å²) in [4.78, 5) is 15.6. The second-order valence-corrected chi connectivity index (χ2v) is 4.13. The van der Waals surface area contributed by atoms with Crippen molar-refractivity contribution in [2.75, 3.05) is 7.11 Å². The molecule has 2 aromatic heterocycles. The molecule has 5 nitrogen and oxygen atoms in total. The van der Waals surface area contributed by atoms with Crippen molar-refractivity contribution in [3.05, 3.63) is 22.5 Å². The number of halogens is 1. The van der Waals surface area contributed by atoms with Crippen LogP contribution in [0.4, 0.5) is 0 Å². The Balaban J connectivity index is 2.58. The monoisotopic (exact) mass is 251 g/mol. The number of carbonyl (C=O) groups is 1. The molecule has 0 aliphatic rings. The van der Waals surface area contributed by atoms with Crippen LogP contribution in [0.2, 0.25) is 5.15 Å². The molecule has 2 aromatic rings. The van der Waals surface area contributed by atoms with E-state index in [1.165, 1.54) is 11.6 Å². The summed E-state index contributed by atoms with van der Waals surface area (Å²) >= 11 is 6.21. The van der Waals surface area contributed by atoms with Crippen molar-refractivity contribution in [2.45, 2.75) is 13.3 Å². The Morgan fingerprint density at radius 2 is 2.35 bits per heavy atom. The van der Waals surface area contributed by atoms with Gasteiger partial charge in [0.1, 0.15) is 5.15 Å². The minimum Gasteiger partial charge on any atom is -0.469 e. The first kappa shape index (κ1) is 11.9.